The maximum Gasteiger partial charge on any atom is 0.430 e. The summed E-state index contributed by atoms with van der Waals surface area (Å²) in [5.41, 5.74) is -14.1. The Bertz CT molecular complexity index is 2620. The van der Waals surface area contributed by atoms with Crippen molar-refractivity contribution in [1.82, 2.24) is 9.97 Å². The van der Waals surface area contributed by atoms with Gasteiger partial charge in [-0.3, -0.25) is 14.6 Å². The number of carbonyl (C=O) groups excluding carboxylic acids is 2. The number of amides is 2. The van der Waals surface area contributed by atoms with E-state index in [2.05, 4.69) is 20.6 Å². The number of hydrogen-bond acceptors (Lipinski definition) is 10. The normalized spacial score (nSPS) is 15.3. The first kappa shape index (κ1) is 52.6. The predicted molar refractivity (Wildman–Crippen MR) is 208 cm³/mol. The van der Waals surface area contributed by atoms with Gasteiger partial charge in [0.05, 0.1) is 29.2 Å². The second kappa shape index (κ2) is 18.9. The summed E-state index contributed by atoms with van der Waals surface area (Å²) in [5, 5.41) is 22.9. The summed E-state index contributed by atoms with van der Waals surface area (Å²) in [5.74, 6) is -3.31. The fourth-order valence-electron chi connectivity index (χ4n) is 6.17. The van der Waals surface area contributed by atoms with Crippen molar-refractivity contribution < 1.29 is 93.7 Å². The Labute approximate surface area is 371 Å². The number of alkyl halides is 12. The third-order valence-electron chi connectivity index (χ3n) is 10.2. The van der Waals surface area contributed by atoms with Crippen molar-refractivity contribution in [2.24, 2.45) is 11.8 Å². The van der Waals surface area contributed by atoms with Crippen LogP contribution in [0.5, 0.6) is 0 Å². The minimum Gasteiger partial charge on any atom is -0.369 e. The van der Waals surface area contributed by atoms with Crippen LogP contribution in [0.3, 0.4) is 0 Å². The fourth-order valence-corrected chi connectivity index (χ4v) is 9.41. The fraction of sp³-hybridized carbons (Fsp3) is 0.400. The second-order valence-corrected chi connectivity index (χ2v) is 19.6. The molecule has 2 fully saturated rings. The Hall–Kier alpha value is -5.41. The first-order valence-electron chi connectivity index (χ1n) is 19.2. The van der Waals surface area contributed by atoms with E-state index in [0.717, 1.165) is 44.0 Å². The summed E-state index contributed by atoms with van der Waals surface area (Å²) in [6, 6.07) is 8.46. The van der Waals surface area contributed by atoms with E-state index in [-0.39, 0.29) is 63.2 Å². The topological polar surface area (TPSA) is 193 Å². The van der Waals surface area contributed by atoms with Gasteiger partial charge in [-0.25, -0.2) is 26.2 Å². The van der Waals surface area contributed by atoms with Gasteiger partial charge in [0.2, 0.25) is 11.8 Å². The summed E-state index contributed by atoms with van der Waals surface area (Å²) in [6.07, 6.45) is -19.6. The number of benzene rings is 2. The molecule has 0 radical (unpaired) electrons. The Kier molecular flexibility index (Phi) is 14.9. The van der Waals surface area contributed by atoms with Crippen molar-refractivity contribution in [1.29, 1.82) is 0 Å². The van der Waals surface area contributed by atoms with Crippen LogP contribution in [0.25, 0.3) is 0 Å². The lowest BCUT2D eigenvalue weighted by Gasteiger charge is -2.32. The van der Waals surface area contributed by atoms with E-state index in [0.29, 0.717) is 23.8 Å². The molecule has 67 heavy (non-hydrogen) atoms. The molecule has 366 valence electrons. The number of aromatic nitrogens is 2. The van der Waals surface area contributed by atoms with Crippen molar-refractivity contribution in [3.8, 4) is 0 Å². The Morgan fingerprint density at radius 1 is 0.582 bits per heavy atom. The molecule has 2 aliphatic rings. The molecule has 2 aromatic carbocycles. The molecule has 0 unspecified atom stereocenters. The Morgan fingerprint density at radius 3 is 1.52 bits per heavy atom. The predicted octanol–water partition coefficient (Wildman–Crippen LogP) is 7.66. The molecular weight excluding hydrogens is 976 g/mol. The van der Waals surface area contributed by atoms with Crippen molar-refractivity contribution in [2.45, 2.75) is 84.4 Å². The molecule has 27 heteroatoms. The monoisotopic (exact) mass is 1010 g/mol. The van der Waals surface area contributed by atoms with Crippen LogP contribution in [-0.4, -0.2) is 85.0 Å². The van der Waals surface area contributed by atoms with Gasteiger partial charge < -0.3 is 20.8 Å². The molecular formula is C40H35F13N4O8S2. The quantitative estimate of drug-likeness (QED) is 0.0913. The number of hydrogen-bond donors (Lipinski definition) is 4. The third-order valence-corrected chi connectivity index (χ3v) is 13.8. The SMILES string of the molecule is O=C(Cc1ccc(S(=O)(=O)CC2CC2)cn1)Nc1ccc(C(O)(C(F)(F)F)C(F)(F)F)c(F)c1.O=C(Cc1ccc(S(=O)(=O)CC2CC2)nc1)Nc1ccc(C(O)(C(F)(F)F)C(F)(F)F)cc1. The molecule has 0 bridgehead atoms. The van der Waals surface area contributed by atoms with Crippen LogP contribution in [0.15, 0.2) is 89.0 Å². The molecule has 0 spiro atoms. The molecule has 0 aliphatic heterocycles. The number of halogens is 13. The van der Waals surface area contributed by atoms with Gasteiger partial charge in [0, 0.05) is 40.6 Å². The number of anilines is 2. The minimum atomic E-state index is -6.26. The van der Waals surface area contributed by atoms with Crippen LogP contribution in [0, 0.1) is 17.7 Å². The van der Waals surface area contributed by atoms with Gasteiger partial charge in [-0.05, 0) is 85.5 Å². The lowest BCUT2D eigenvalue weighted by molar-refractivity contribution is -0.377. The van der Waals surface area contributed by atoms with Crippen molar-refractivity contribution in [2.75, 3.05) is 22.1 Å². The summed E-state index contributed by atoms with van der Waals surface area (Å²) < 4.78 is 218. The standard InChI is InChI=1S/C20H17F7N2O4S.C20H18F6N2O4S/c21-16-7-13(4-6-15(16)18(31,19(22,23)24)20(25,26)27)29-17(30)8-12-3-5-14(9-28-12)34(32,33)10-11-1-2-11;21-19(22,23)18(30,20(24,25)26)14-4-6-15(7-5-14)28-16(29)9-13-3-8-17(27-10-13)33(31,32)11-12-1-2-12/h3-7,9,11,31H,1-2,8,10H2,(H,29,30);3-8,10,12,30H,1-2,9,11H2,(H,28,29). The number of sulfone groups is 2. The zero-order chi connectivity index (χ0) is 50.2. The summed E-state index contributed by atoms with van der Waals surface area (Å²) >= 11 is 0. The smallest absolute Gasteiger partial charge is 0.369 e. The van der Waals surface area contributed by atoms with Gasteiger partial charge in [-0.2, -0.15) is 52.7 Å². The maximum atomic E-state index is 14.2. The highest BCUT2D eigenvalue weighted by atomic mass is 32.2. The van der Waals surface area contributed by atoms with Crippen molar-refractivity contribution in [3.63, 3.8) is 0 Å². The number of aliphatic hydroxyl groups is 2. The van der Waals surface area contributed by atoms with Crippen LogP contribution in [0.2, 0.25) is 0 Å². The molecule has 2 aliphatic carbocycles. The van der Waals surface area contributed by atoms with E-state index >= 15 is 0 Å². The van der Waals surface area contributed by atoms with E-state index in [1.165, 1.54) is 30.5 Å². The first-order valence-corrected chi connectivity index (χ1v) is 22.6. The highest BCUT2D eigenvalue weighted by molar-refractivity contribution is 7.91. The van der Waals surface area contributed by atoms with E-state index in [4.69, 9.17) is 0 Å². The van der Waals surface area contributed by atoms with Gasteiger partial charge in [-0.15, -0.1) is 0 Å². The van der Waals surface area contributed by atoms with Gasteiger partial charge in [0.15, 0.2) is 24.7 Å². The molecule has 6 rings (SSSR count). The number of nitrogens with zero attached hydrogens (tertiary/aromatic N) is 2. The van der Waals surface area contributed by atoms with Crippen LogP contribution in [-0.2, 0) is 53.3 Å². The average Bonchev–Trinajstić information content (AvgIpc) is 4.15. The molecule has 2 heterocycles. The maximum absolute atomic E-state index is 14.2. The molecule has 2 saturated carbocycles. The van der Waals surface area contributed by atoms with E-state index < -0.39 is 96.4 Å². The van der Waals surface area contributed by atoms with Crippen LogP contribution in [0.1, 0.15) is 48.1 Å². The van der Waals surface area contributed by atoms with Gasteiger partial charge >= 0.3 is 24.7 Å². The lowest BCUT2D eigenvalue weighted by Crippen LogP contribution is -2.54. The van der Waals surface area contributed by atoms with Crippen molar-refractivity contribution in [3.05, 3.63) is 107 Å². The zero-order valence-electron chi connectivity index (χ0n) is 33.8. The average molecular weight is 1010 g/mol. The van der Waals surface area contributed by atoms with Crippen molar-refractivity contribution >= 4 is 42.9 Å². The third kappa shape index (κ3) is 12.4. The van der Waals surface area contributed by atoms with Gasteiger partial charge in [0.1, 0.15) is 5.82 Å². The number of nitrogens with one attached hydrogen (secondary N) is 2. The Balaban J connectivity index is 0.000000251. The Morgan fingerprint density at radius 2 is 1.07 bits per heavy atom. The molecule has 0 atom stereocenters. The molecule has 2 aromatic heterocycles. The molecule has 4 N–H and O–H groups in total. The summed E-state index contributed by atoms with van der Waals surface area (Å²) in [6.45, 7) is 0. The number of pyridine rings is 2. The van der Waals surface area contributed by atoms with Crippen LogP contribution >= 0.6 is 0 Å². The number of rotatable bonds is 14. The van der Waals surface area contributed by atoms with Gasteiger partial charge in [0.25, 0.3) is 11.2 Å². The molecule has 4 aromatic rings. The summed E-state index contributed by atoms with van der Waals surface area (Å²) in [7, 11) is -7.04. The first-order chi connectivity index (χ1) is 30.7. The highest BCUT2D eigenvalue weighted by Gasteiger charge is 2.73. The minimum absolute atomic E-state index is 0.00608. The second-order valence-electron chi connectivity index (χ2n) is 15.6. The molecule has 12 nitrogen and oxygen atoms in total. The van der Waals surface area contributed by atoms with E-state index in [1.807, 2.05) is 0 Å². The van der Waals surface area contributed by atoms with E-state index in [1.54, 1.807) is 0 Å². The highest BCUT2D eigenvalue weighted by Crippen LogP contribution is 2.52. The molecule has 2 amide bonds. The van der Waals surface area contributed by atoms with Crippen LogP contribution < -0.4 is 10.6 Å². The van der Waals surface area contributed by atoms with E-state index in [9.17, 15) is 93.7 Å². The summed E-state index contributed by atoms with van der Waals surface area (Å²) in [4.78, 5) is 32.0. The molecule has 0 saturated heterocycles. The van der Waals surface area contributed by atoms with Gasteiger partial charge in [-0.1, -0.05) is 24.3 Å². The lowest BCUT2D eigenvalue weighted by atomic mass is 9.91. The number of carbonyl (C=O) groups is 2. The zero-order valence-corrected chi connectivity index (χ0v) is 35.4. The largest absolute Gasteiger partial charge is 0.430 e. The van der Waals surface area contributed by atoms with Crippen LogP contribution in [0.4, 0.5) is 68.5 Å².